The fourth-order valence-electron chi connectivity index (χ4n) is 2.74. The van der Waals surface area contributed by atoms with E-state index in [-0.39, 0.29) is 6.10 Å². The number of halogens is 1. The Hall–Kier alpha value is -1.10. The van der Waals surface area contributed by atoms with Crippen LogP contribution in [0.2, 0.25) is 5.02 Å². The Balaban J connectivity index is 1.56. The van der Waals surface area contributed by atoms with Gasteiger partial charge in [-0.25, -0.2) is 4.98 Å². The van der Waals surface area contributed by atoms with Crippen LogP contribution in [0.1, 0.15) is 25.0 Å². The molecule has 5 heteroatoms. The number of nitrogens with zero attached hydrogens (tertiary/aromatic N) is 2. The van der Waals surface area contributed by atoms with Crippen LogP contribution in [0.3, 0.4) is 0 Å². The van der Waals surface area contributed by atoms with Crippen LogP contribution in [-0.4, -0.2) is 27.1 Å². The molecule has 2 heterocycles. The van der Waals surface area contributed by atoms with Crippen molar-refractivity contribution in [2.24, 2.45) is 5.92 Å². The van der Waals surface area contributed by atoms with Crippen molar-refractivity contribution in [3.8, 4) is 0 Å². The molecule has 1 fully saturated rings. The number of rotatable bonds is 4. The van der Waals surface area contributed by atoms with Crippen molar-refractivity contribution in [1.29, 1.82) is 0 Å². The van der Waals surface area contributed by atoms with E-state index in [4.69, 9.17) is 11.6 Å². The molecule has 102 valence electrons. The summed E-state index contributed by atoms with van der Waals surface area (Å²) in [5, 5.41) is 13.6. The summed E-state index contributed by atoms with van der Waals surface area (Å²) in [7, 11) is 0. The van der Waals surface area contributed by atoms with Crippen molar-refractivity contribution in [2.45, 2.75) is 31.9 Å². The lowest BCUT2D eigenvalue weighted by Crippen LogP contribution is -2.21. The number of hydrogen-bond acceptors (Lipinski definition) is 3. The molecular weight excluding hydrogens is 262 g/mol. The van der Waals surface area contributed by atoms with Crippen molar-refractivity contribution < 1.29 is 5.11 Å². The molecule has 0 bridgehead atoms. The van der Waals surface area contributed by atoms with Gasteiger partial charge in [0.1, 0.15) is 5.65 Å². The topological polar surface area (TPSA) is 49.6 Å². The number of nitrogens with one attached hydrogen (secondary N) is 1. The molecule has 0 aliphatic heterocycles. The largest absolute Gasteiger partial charge is 0.393 e. The van der Waals surface area contributed by atoms with Gasteiger partial charge in [-0.1, -0.05) is 11.6 Å². The monoisotopic (exact) mass is 279 g/mol. The van der Waals surface area contributed by atoms with Crippen LogP contribution in [0, 0.1) is 5.92 Å². The Labute approximate surface area is 117 Å². The second-order valence-corrected chi connectivity index (χ2v) is 5.75. The fourth-order valence-corrected chi connectivity index (χ4v) is 2.91. The quantitative estimate of drug-likeness (QED) is 0.902. The van der Waals surface area contributed by atoms with Gasteiger partial charge < -0.3 is 14.8 Å². The molecule has 0 aromatic carbocycles. The molecule has 1 aliphatic carbocycles. The van der Waals surface area contributed by atoms with Crippen molar-refractivity contribution in [1.82, 2.24) is 14.7 Å². The van der Waals surface area contributed by atoms with E-state index in [2.05, 4.69) is 10.3 Å². The lowest BCUT2D eigenvalue weighted by molar-refractivity contribution is 0.177. The lowest BCUT2D eigenvalue weighted by Gasteiger charge is -2.09. The van der Waals surface area contributed by atoms with Gasteiger partial charge in [-0.05, 0) is 43.9 Å². The lowest BCUT2D eigenvalue weighted by atomic mass is 10.1. The van der Waals surface area contributed by atoms with E-state index in [1.807, 2.05) is 28.9 Å². The molecule has 0 amide bonds. The van der Waals surface area contributed by atoms with Crippen LogP contribution < -0.4 is 5.32 Å². The highest BCUT2D eigenvalue weighted by Crippen LogP contribution is 2.24. The van der Waals surface area contributed by atoms with E-state index < -0.39 is 0 Å². The number of fused-ring (bicyclic) bond motifs is 1. The van der Waals surface area contributed by atoms with Crippen LogP contribution in [0.25, 0.3) is 5.65 Å². The van der Waals surface area contributed by atoms with Gasteiger partial charge in [-0.3, -0.25) is 0 Å². The smallest absolute Gasteiger partial charge is 0.137 e. The molecule has 2 atom stereocenters. The van der Waals surface area contributed by atoms with Crippen LogP contribution in [0.4, 0.5) is 0 Å². The molecule has 0 saturated heterocycles. The van der Waals surface area contributed by atoms with Gasteiger partial charge in [-0.15, -0.1) is 0 Å². The van der Waals surface area contributed by atoms with Crippen molar-refractivity contribution >= 4 is 17.2 Å². The first kappa shape index (κ1) is 12.9. The molecule has 4 nitrogen and oxygen atoms in total. The van der Waals surface area contributed by atoms with E-state index in [0.717, 1.165) is 43.7 Å². The predicted molar refractivity (Wildman–Crippen MR) is 75.3 cm³/mol. The van der Waals surface area contributed by atoms with Gasteiger partial charge in [0.05, 0.1) is 16.8 Å². The van der Waals surface area contributed by atoms with Gasteiger partial charge in [0.25, 0.3) is 0 Å². The zero-order chi connectivity index (χ0) is 13.2. The summed E-state index contributed by atoms with van der Waals surface area (Å²) in [4.78, 5) is 4.53. The van der Waals surface area contributed by atoms with Crippen LogP contribution >= 0.6 is 11.6 Å². The molecule has 1 aliphatic rings. The molecule has 2 aromatic heterocycles. The number of imidazole rings is 1. The third-order valence-electron chi connectivity index (χ3n) is 3.72. The maximum atomic E-state index is 9.48. The number of hydrogen-bond donors (Lipinski definition) is 2. The van der Waals surface area contributed by atoms with E-state index >= 15 is 0 Å². The second-order valence-electron chi connectivity index (χ2n) is 5.31. The summed E-state index contributed by atoms with van der Waals surface area (Å²) in [5.74, 6) is 0.599. The zero-order valence-corrected chi connectivity index (χ0v) is 11.5. The molecule has 0 radical (unpaired) electrons. The van der Waals surface area contributed by atoms with Crippen LogP contribution in [0.15, 0.2) is 24.5 Å². The minimum Gasteiger partial charge on any atom is -0.393 e. The van der Waals surface area contributed by atoms with E-state index in [1.165, 1.54) is 0 Å². The summed E-state index contributed by atoms with van der Waals surface area (Å²) >= 11 is 5.94. The fraction of sp³-hybridized carbons (Fsp3) is 0.500. The summed E-state index contributed by atoms with van der Waals surface area (Å²) < 4.78 is 1.94. The Kier molecular flexibility index (Phi) is 3.73. The van der Waals surface area contributed by atoms with Gasteiger partial charge in [0, 0.05) is 18.9 Å². The normalized spacial score (nSPS) is 23.3. The van der Waals surface area contributed by atoms with Crippen LogP contribution in [0.5, 0.6) is 0 Å². The van der Waals surface area contributed by atoms with Crippen molar-refractivity contribution in [2.75, 3.05) is 6.54 Å². The van der Waals surface area contributed by atoms with E-state index in [0.29, 0.717) is 10.9 Å². The molecule has 0 spiro atoms. The average molecular weight is 280 g/mol. The Morgan fingerprint density at radius 3 is 3.05 bits per heavy atom. The number of pyridine rings is 1. The average Bonchev–Trinajstić information content (AvgIpc) is 2.95. The third-order valence-corrected chi connectivity index (χ3v) is 3.94. The molecule has 3 rings (SSSR count). The van der Waals surface area contributed by atoms with Crippen molar-refractivity contribution in [3.63, 3.8) is 0 Å². The highest BCUT2D eigenvalue weighted by molar-refractivity contribution is 6.30. The van der Waals surface area contributed by atoms with Gasteiger partial charge in [0.15, 0.2) is 0 Å². The first-order valence-corrected chi connectivity index (χ1v) is 7.10. The maximum Gasteiger partial charge on any atom is 0.137 e. The highest BCUT2D eigenvalue weighted by Gasteiger charge is 2.22. The van der Waals surface area contributed by atoms with Gasteiger partial charge >= 0.3 is 0 Å². The number of aliphatic hydroxyl groups excluding tert-OH is 1. The standard InChI is InChI=1S/C14H18ClN3O/c15-11-2-4-14-17-12(9-18(14)8-11)7-16-6-10-1-3-13(19)5-10/h2,4,8-10,13,16,19H,1,3,5-7H2. The van der Waals surface area contributed by atoms with Crippen LogP contribution in [-0.2, 0) is 6.54 Å². The summed E-state index contributed by atoms with van der Waals surface area (Å²) in [5.41, 5.74) is 1.93. The number of aliphatic hydroxyl groups is 1. The Bertz CT molecular complexity index is 569. The molecule has 2 aromatic rings. The minimum atomic E-state index is -0.0934. The SMILES string of the molecule is OC1CCC(CNCc2cn3cc(Cl)ccc3n2)C1. The third kappa shape index (κ3) is 3.08. The summed E-state index contributed by atoms with van der Waals surface area (Å²) in [6, 6.07) is 3.76. The first-order chi connectivity index (χ1) is 9.20. The first-order valence-electron chi connectivity index (χ1n) is 6.72. The predicted octanol–water partition coefficient (Wildman–Crippen LogP) is 2.24. The number of aromatic nitrogens is 2. The molecule has 1 saturated carbocycles. The molecule has 2 unspecified atom stereocenters. The van der Waals surface area contributed by atoms with Gasteiger partial charge in [0.2, 0.25) is 0 Å². The maximum absolute atomic E-state index is 9.48. The highest BCUT2D eigenvalue weighted by atomic mass is 35.5. The Morgan fingerprint density at radius 2 is 2.26 bits per heavy atom. The second kappa shape index (κ2) is 5.49. The van der Waals surface area contributed by atoms with Gasteiger partial charge in [-0.2, -0.15) is 0 Å². The molecule has 19 heavy (non-hydrogen) atoms. The van der Waals surface area contributed by atoms with E-state index in [9.17, 15) is 5.11 Å². The Morgan fingerprint density at radius 1 is 1.37 bits per heavy atom. The van der Waals surface area contributed by atoms with E-state index in [1.54, 1.807) is 0 Å². The summed E-state index contributed by atoms with van der Waals surface area (Å²) in [6.07, 6.45) is 6.75. The zero-order valence-electron chi connectivity index (χ0n) is 10.7. The minimum absolute atomic E-state index is 0.0934. The van der Waals surface area contributed by atoms with Crippen molar-refractivity contribution in [3.05, 3.63) is 35.2 Å². The molecule has 2 N–H and O–H groups in total. The molecular formula is C14H18ClN3O. The summed E-state index contributed by atoms with van der Waals surface area (Å²) in [6.45, 7) is 1.71.